The van der Waals surface area contributed by atoms with Gasteiger partial charge in [0, 0.05) is 9.86 Å². The van der Waals surface area contributed by atoms with E-state index in [-0.39, 0.29) is 5.97 Å². The molecular formula is C12H11BrO3. The smallest absolute Gasteiger partial charge is 0.342 e. The van der Waals surface area contributed by atoms with Crippen LogP contribution >= 0.6 is 15.9 Å². The summed E-state index contributed by atoms with van der Waals surface area (Å²) < 4.78 is 11.4. The number of furan rings is 1. The lowest BCUT2D eigenvalue weighted by Gasteiger charge is -1.99. The Bertz CT molecular complexity index is 542. The van der Waals surface area contributed by atoms with Gasteiger partial charge < -0.3 is 9.15 Å². The van der Waals surface area contributed by atoms with Crippen LogP contribution < -0.4 is 0 Å². The van der Waals surface area contributed by atoms with Gasteiger partial charge in [0.2, 0.25) is 0 Å². The highest BCUT2D eigenvalue weighted by Gasteiger charge is 2.18. The second kappa shape index (κ2) is 4.29. The van der Waals surface area contributed by atoms with Crippen molar-refractivity contribution >= 4 is 32.9 Å². The van der Waals surface area contributed by atoms with Gasteiger partial charge in [-0.25, -0.2) is 4.79 Å². The van der Waals surface area contributed by atoms with Crippen LogP contribution in [0.25, 0.3) is 11.0 Å². The third-order valence-electron chi connectivity index (χ3n) is 2.31. The van der Waals surface area contributed by atoms with E-state index < -0.39 is 0 Å². The number of halogens is 1. The van der Waals surface area contributed by atoms with Crippen molar-refractivity contribution in [1.82, 2.24) is 0 Å². The van der Waals surface area contributed by atoms with E-state index in [1.165, 1.54) is 0 Å². The first-order valence-electron chi connectivity index (χ1n) is 4.99. The average Bonchev–Trinajstić information content (AvgIpc) is 2.53. The number of carbonyl (C=O) groups excluding carboxylic acids is 1. The third-order valence-corrected chi connectivity index (χ3v) is 2.80. The Hall–Kier alpha value is -1.29. The molecule has 0 fully saturated rings. The number of esters is 1. The fraction of sp³-hybridized carbons (Fsp3) is 0.250. The molecular weight excluding hydrogens is 272 g/mol. The van der Waals surface area contributed by atoms with Crippen LogP contribution in [-0.2, 0) is 4.74 Å². The van der Waals surface area contributed by atoms with Gasteiger partial charge >= 0.3 is 5.97 Å². The topological polar surface area (TPSA) is 39.4 Å². The number of aryl methyl sites for hydroxylation is 1. The van der Waals surface area contributed by atoms with E-state index in [1.54, 1.807) is 13.8 Å². The summed E-state index contributed by atoms with van der Waals surface area (Å²) in [6.45, 7) is 3.91. The molecule has 84 valence electrons. The highest BCUT2D eigenvalue weighted by Crippen LogP contribution is 2.28. The molecule has 0 spiro atoms. The summed E-state index contributed by atoms with van der Waals surface area (Å²) in [4.78, 5) is 11.7. The van der Waals surface area contributed by atoms with Crippen LogP contribution in [0.15, 0.2) is 27.1 Å². The Labute approximate surface area is 102 Å². The van der Waals surface area contributed by atoms with E-state index in [0.29, 0.717) is 23.5 Å². The van der Waals surface area contributed by atoms with E-state index in [0.717, 1.165) is 9.86 Å². The minimum Gasteiger partial charge on any atom is -0.462 e. The number of ether oxygens (including phenoxy) is 1. The maximum atomic E-state index is 11.7. The molecule has 0 aliphatic heterocycles. The number of carbonyl (C=O) groups is 1. The number of hydrogen-bond acceptors (Lipinski definition) is 3. The summed E-state index contributed by atoms with van der Waals surface area (Å²) in [5.74, 6) is 0.257. The van der Waals surface area contributed by atoms with Crippen LogP contribution in [0.3, 0.4) is 0 Å². The molecule has 0 atom stereocenters. The van der Waals surface area contributed by atoms with Crippen LogP contribution in [-0.4, -0.2) is 12.6 Å². The monoisotopic (exact) mass is 282 g/mol. The lowest BCUT2D eigenvalue weighted by molar-refractivity contribution is 0.0526. The molecule has 0 aliphatic carbocycles. The Kier molecular flexibility index (Phi) is 3.01. The molecule has 2 aromatic rings. The Morgan fingerprint density at radius 3 is 2.94 bits per heavy atom. The molecule has 0 bridgehead atoms. The fourth-order valence-electron chi connectivity index (χ4n) is 1.65. The first kappa shape index (κ1) is 11.2. The second-order valence-corrected chi connectivity index (χ2v) is 4.31. The van der Waals surface area contributed by atoms with Crippen LogP contribution in [0.2, 0.25) is 0 Å². The van der Waals surface area contributed by atoms with Crippen molar-refractivity contribution in [3.05, 3.63) is 34.0 Å². The number of hydrogen-bond donors (Lipinski definition) is 0. The maximum Gasteiger partial charge on any atom is 0.342 e. The van der Waals surface area contributed by atoms with E-state index in [4.69, 9.17) is 9.15 Å². The van der Waals surface area contributed by atoms with Crippen molar-refractivity contribution in [2.24, 2.45) is 0 Å². The summed E-state index contributed by atoms with van der Waals surface area (Å²) in [6, 6.07) is 5.56. The molecule has 3 nitrogen and oxygen atoms in total. The van der Waals surface area contributed by atoms with Crippen molar-refractivity contribution in [3.63, 3.8) is 0 Å². The van der Waals surface area contributed by atoms with Crippen molar-refractivity contribution in [1.29, 1.82) is 0 Å². The van der Waals surface area contributed by atoms with Crippen LogP contribution in [0.5, 0.6) is 0 Å². The summed E-state index contributed by atoms with van der Waals surface area (Å²) in [7, 11) is 0. The highest BCUT2D eigenvalue weighted by atomic mass is 79.9. The zero-order valence-electron chi connectivity index (χ0n) is 9.04. The zero-order valence-corrected chi connectivity index (χ0v) is 10.6. The highest BCUT2D eigenvalue weighted by molar-refractivity contribution is 9.10. The molecule has 0 N–H and O–H groups in total. The van der Waals surface area contributed by atoms with Crippen LogP contribution in [0.1, 0.15) is 23.0 Å². The number of fused-ring (bicyclic) bond motifs is 1. The third kappa shape index (κ3) is 1.85. The van der Waals surface area contributed by atoms with Crippen LogP contribution in [0, 0.1) is 6.92 Å². The normalized spacial score (nSPS) is 10.7. The van der Waals surface area contributed by atoms with Gasteiger partial charge in [-0.1, -0.05) is 15.9 Å². The van der Waals surface area contributed by atoms with Gasteiger partial charge in [-0.3, -0.25) is 0 Å². The number of benzene rings is 1. The molecule has 0 saturated heterocycles. The molecule has 2 rings (SSSR count). The van der Waals surface area contributed by atoms with Gasteiger partial charge in [0.15, 0.2) is 0 Å². The van der Waals surface area contributed by atoms with Crippen molar-refractivity contribution in [3.8, 4) is 0 Å². The lowest BCUT2D eigenvalue weighted by atomic mass is 10.1. The van der Waals surface area contributed by atoms with E-state index in [1.807, 2.05) is 18.2 Å². The van der Waals surface area contributed by atoms with Gasteiger partial charge in [0.25, 0.3) is 0 Å². The predicted octanol–water partition coefficient (Wildman–Crippen LogP) is 3.68. The van der Waals surface area contributed by atoms with Gasteiger partial charge in [-0.15, -0.1) is 0 Å². The summed E-state index contributed by atoms with van der Waals surface area (Å²) in [5, 5.41) is 0.791. The van der Waals surface area contributed by atoms with Crippen molar-refractivity contribution < 1.29 is 13.9 Å². The minimum absolute atomic E-state index is 0.332. The molecule has 4 heteroatoms. The van der Waals surface area contributed by atoms with E-state index >= 15 is 0 Å². The average molecular weight is 283 g/mol. The first-order valence-corrected chi connectivity index (χ1v) is 5.78. The Balaban J connectivity index is 2.60. The molecule has 16 heavy (non-hydrogen) atoms. The SMILES string of the molecule is CCOC(=O)c1c(C)oc2cc(Br)ccc12. The van der Waals surface area contributed by atoms with Gasteiger partial charge in [-0.05, 0) is 32.0 Å². The van der Waals surface area contributed by atoms with E-state index in [2.05, 4.69) is 15.9 Å². The summed E-state index contributed by atoms with van der Waals surface area (Å²) in [5.41, 5.74) is 1.21. The van der Waals surface area contributed by atoms with Gasteiger partial charge in [0.1, 0.15) is 16.9 Å². The largest absolute Gasteiger partial charge is 0.462 e. The summed E-state index contributed by atoms with van der Waals surface area (Å²) in [6.07, 6.45) is 0. The van der Waals surface area contributed by atoms with Gasteiger partial charge in [0.05, 0.1) is 6.61 Å². The molecule has 1 aromatic heterocycles. The molecule has 0 saturated carbocycles. The fourth-order valence-corrected chi connectivity index (χ4v) is 1.99. The Morgan fingerprint density at radius 1 is 1.50 bits per heavy atom. The number of rotatable bonds is 2. The van der Waals surface area contributed by atoms with E-state index in [9.17, 15) is 4.79 Å². The second-order valence-electron chi connectivity index (χ2n) is 3.39. The molecule has 1 heterocycles. The van der Waals surface area contributed by atoms with Crippen molar-refractivity contribution in [2.45, 2.75) is 13.8 Å². The van der Waals surface area contributed by atoms with Crippen molar-refractivity contribution in [2.75, 3.05) is 6.61 Å². The maximum absolute atomic E-state index is 11.7. The molecule has 1 aromatic carbocycles. The zero-order chi connectivity index (χ0) is 11.7. The standard InChI is InChI=1S/C12H11BrO3/c1-3-15-12(14)11-7(2)16-10-6-8(13)4-5-9(10)11/h4-6H,3H2,1-2H3. The first-order chi connectivity index (χ1) is 7.63. The van der Waals surface area contributed by atoms with Crippen LogP contribution in [0.4, 0.5) is 0 Å². The molecule has 0 amide bonds. The summed E-state index contributed by atoms with van der Waals surface area (Å²) >= 11 is 3.36. The van der Waals surface area contributed by atoms with Gasteiger partial charge in [-0.2, -0.15) is 0 Å². The predicted molar refractivity (Wildman–Crippen MR) is 64.6 cm³/mol. The molecule has 0 radical (unpaired) electrons. The molecule has 0 aliphatic rings. The minimum atomic E-state index is -0.332. The lowest BCUT2D eigenvalue weighted by Crippen LogP contribution is -2.05. The molecule has 0 unspecified atom stereocenters. The quantitative estimate of drug-likeness (QED) is 0.789. The Morgan fingerprint density at radius 2 is 2.25 bits per heavy atom.